The molecule has 0 aliphatic heterocycles. The van der Waals surface area contributed by atoms with Crippen molar-refractivity contribution in [2.24, 2.45) is 5.92 Å². The van der Waals surface area contributed by atoms with E-state index in [1.54, 1.807) is 0 Å². The number of hydrogen-bond acceptors (Lipinski definition) is 3. The van der Waals surface area contributed by atoms with Gasteiger partial charge >= 0.3 is 0 Å². The summed E-state index contributed by atoms with van der Waals surface area (Å²) in [6, 6.07) is 0.294. The van der Waals surface area contributed by atoms with E-state index >= 15 is 0 Å². The van der Waals surface area contributed by atoms with Crippen LogP contribution in [0.5, 0.6) is 0 Å². The predicted molar refractivity (Wildman–Crippen MR) is 75.9 cm³/mol. The largest absolute Gasteiger partial charge is 0.377 e. The Bertz CT molecular complexity index is 229. The predicted octanol–water partition coefficient (Wildman–Crippen LogP) is 2.98. The minimum Gasteiger partial charge on any atom is -0.377 e. The lowest BCUT2D eigenvalue weighted by Gasteiger charge is -2.45. The van der Waals surface area contributed by atoms with Gasteiger partial charge in [-0.05, 0) is 46.6 Å². The fraction of sp³-hybridized carbons (Fsp3) is 1.00. The zero-order valence-electron chi connectivity index (χ0n) is 12.8. The summed E-state index contributed by atoms with van der Waals surface area (Å²) < 4.78 is 12.0. The van der Waals surface area contributed by atoms with E-state index in [0.29, 0.717) is 6.04 Å². The summed E-state index contributed by atoms with van der Waals surface area (Å²) in [6.07, 6.45) is 5.17. The molecule has 0 spiro atoms. The average molecular weight is 257 g/mol. The van der Waals surface area contributed by atoms with Gasteiger partial charge < -0.3 is 14.8 Å². The van der Waals surface area contributed by atoms with Crippen LogP contribution < -0.4 is 5.32 Å². The second kappa shape index (κ2) is 7.46. The smallest absolute Gasteiger partial charge is 0.0859 e. The maximum Gasteiger partial charge on any atom is 0.0859 e. The highest BCUT2D eigenvalue weighted by molar-refractivity contribution is 4.96. The standard InChI is InChI=1S/C15H31NO2/c1-6-18-15(9-7-8-13(4)10-15)14(16-5)11-17-12(2)3/h12-14,16H,6-11H2,1-5H3. The maximum atomic E-state index is 6.18. The molecule has 0 radical (unpaired) electrons. The molecule has 0 aromatic heterocycles. The SMILES string of the molecule is CCOC1(C(COC(C)C)NC)CCCC(C)C1. The number of likely N-dealkylation sites (N-methyl/N-ethyl adjacent to an activating group) is 1. The molecular weight excluding hydrogens is 226 g/mol. The van der Waals surface area contributed by atoms with Gasteiger partial charge in [-0.1, -0.05) is 19.8 Å². The third-order valence-electron chi connectivity index (χ3n) is 4.00. The average Bonchev–Trinajstić information content (AvgIpc) is 2.29. The van der Waals surface area contributed by atoms with Crippen molar-refractivity contribution in [3.8, 4) is 0 Å². The maximum absolute atomic E-state index is 6.18. The highest BCUT2D eigenvalue weighted by atomic mass is 16.5. The number of ether oxygens (including phenoxy) is 2. The van der Waals surface area contributed by atoms with Crippen molar-refractivity contribution < 1.29 is 9.47 Å². The Balaban J connectivity index is 2.72. The van der Waals surface area contributed by atoms with Crippen LogP contribution >= 0.6 is 0 Å². The Hall–Kier alpha value is -0.120. The van der Waals surface area contributed by atoms with E-state index in [2.05, 4.69) is 33.0 Å². The van der Waals surface area contributed by atoms with E-state index in [9.17, 15) is 0 Å². The Labute approximate surface area is 113 Å². The third-order valence-corrected chi connectivity index (χ3v) is 4.00. The molecule has 1 aliphatic carbocycles. The van der Waals surface area contributed by atoms with Crippen molar-refractivity contribution >= 4 is 0 Å². The Morgan fingerprint density at radius 1 is 1.39 bits per heavy atom. The second-order valence-corrected chi connectivity index (χ2v) is 5.92. The zero-order valence-corrected chi connectivity index (χ0v) is 12.8. The molecule has 0 bridgehead atoms. The van der Waals surface area contributed by atoms with Gasteiger partial charge in [0, 0.05) is 6.61 Å². The second-order valence-electron chi connectivity index (χ2n) is 5.92. The van der Waals surface area contributed by atoms with E-state index in [1.165, 1.54) is 12.8 Å². The van der Waals surface area contributed by atoms with E-state index < -0.39 is 0 Å². The third kappa shape index (κ3) is 4.22. The summed E-state index contributed by atoms with van der Waals surface area (Å²) in [6.45, 7) is 10.1. The Morgan fingerprint density at radius 3 is 2.61 bits per heavy atom. The summed E-state index contributed by atoms with van der Waals surface area (Å²) in [5, 5.41) is 3.42. The first-order valence-corrected chi connectivity index (χ1v) is 7.47. The van der Waals surface area contributed by atoms with Crippen molar-refractivity contribution in [3.63, 3.8) is 0 Å². The molecule has 0 amide bonds. The van der Waals surface area contributed by atoms with Gasteiger partial charge in [0.05, 0.1) is 24.4 Å². The Morgan fingerprint density at radius 2 is 2.11 bits per heavy atom. The molecule has 0 aromatic carbocycles. The van der Waals surface area contributed by atoms with Gasteiger partial charge in [-0.2, -0.15) is 0 Å². The van der Waals surface area contributed by atoms with Crippen LogP contribution in [0.4, 0.5) is 0 Å². The van der Waals surface area contributed by atoms with Crippen LogP contribution in [0.15, 0.2) is 0 Å². The van der Waals surface area contributed by atoms with Crippen LogP contribution in [0, 0.1) is 5.92 Å². The van der Waals surface area contributed by atoms with Gasteiger partial charge in [-0.15, -0.1) is 0 Å². The highest BCUT2D eigenvalue weighted by Crippen LogP contribution is 2.37. The van der Waals surface area contributed by atoms with E-state index in [4.69, 9.17) is 9.47 Å². The quantitative estimate of drug-likeness (QED) is 0.760. The lowest BCUT2D eigenvalue weighted by Crippen LogP contribution is -2.56. The van der Waals surface area contributed by atoms with Crippen molar-refractivity contribution in [3.05, 3.63) is 0 Å². The summed E-state index contributed by atoms with van der Waals surface area (Å²) >= 11 is 0. The topological polar surface area (TPSA) is 30.5 Å². The summed E-state index contributed by atoms with van der Waals surface area (Å²) in [5.74, 6) is 0.750. The Kier molecular flexibility index (Phi) is 6.61. The highest BCUT2D eigenvalue weighted by Gasteiger charge is 2.42. The summed E-state index contributed by atoms with van der Waals surface area (Å²) in [5.41, 5.74) is -0.0317. The normalized spacial score (nSPS) is 30.7. The molecule has 1 N–H and O–H groups in total. The minimum atomic E-state index is -0.0317. The fourth-order valence-electron chi connectivity index (χ4n) is 3.17. The van der Waals surface area contributed by atoms with Gasteiger partial charge in [-0.3, -0.25) is 0 Å². The summed E-state index contributed by atoms with van der Waals surface area (Å²) in [4.78, 5) is 0. The summed E-state index contributed by atoms with van der Waals surface area (Å²) in [7, 11) is 2.02. The molecule has 0 saturated heterocycles. The first-order chi connectivity index (χ1) is 8.54. The first kappa shape index (κ1) is 15.9. The van der Waals surface area contributed by atoms with Crippen molar-refractivity contribution in [1.82, 2.24) is 5.32 Å². The van der Waals surface area contributed by atoms with Crippen molar-refractivity contribution in [1.29, 1.82) is 0 Å². The van der Waals surface area contributed by atoms with Gasteiger partial charge in [-0.25, -0.2) is 0 Å². The van der Waals surface area contributed by atoms with Gasteiger partial charge in [0.25, 0.3) is 0 Å². The lowest BCUT2D eigenvalue weighted by molar-refractivity contribution is -0.117. The van der Waals surface area contributed by atoms with Crippen LogP contribution in [0.3, 0.4) is 0 Å². The first-order valence-electron chi connectivity index (χ1n) is 7.47. The molecule has 0 heterocycles. The molecular formula is C15H31NO2. The van der Waals surface area contributed by atoms with E-state index in [1.807, 2.05) is 7.05 Å². The molecule has 0 aromatic rings. The van der Waals surface area contributed by atoms with Crippen LogP contribution in [0.1, 0.15) is 53.4 Å². The van der Waals surface area contributed by atoms with Gasteiger partial charge in [0.15, 0.2) is 0 Å². The molecule has 1 aliphatic rings. The molecule has 3 nitrogen and oxygen atoms in total. The van der Waals surface area contributed by atoms with Gasteiger partial charge in [0.1, 0.15) is 0 Å². The van der Waals surface area contributed by atoms with E-state index in [-0.39, 0.29) is 11.7 Å². The minimum absolute atomic E-state index is 0.0317. The van der Waals surface area contributed by atoms with Crippen LogP contribution in [0.25, 0.3) is 0 Å². The number of nitrogens with one attached hydrogen (secondary N) is 1. The zero-order chi connectivity index (χ0) is 13.6. The van der Waals surface area contributed by atoms with Crippen LogP contribution in [0.2, 0.25) is 0 Å². The van der Waals surface area contributed by atoms with Crippen molar-refractivity contribution in [2.45, 2.75) is 71.1 Å². The molecule has 108 valence electrons. The fourth-order valence-corrected chi connectivity index (χ4v) is 3.17. The number of hydrogen-bond donors (Lipinski definition) is 1. The lowest BCUT2D eigenvalue weighted by atomic mass is 9.74. The molecule has 18 heavy (non-hydrogen) atoms. The van der Waals surface area contributed by atoms with E-state index in [0.717, 1.165) is 32.0 Å². The molecule has 1 rings (SSSR count). The molecule has 3 atom stereocenters. The van der Waals surface area contributed by atoms with Crippen molar-refractivity contribution in [2.75, 3.05) is 20.3 Å². The molecule has 3 heteroatoms. The molecule has 1 saturated carbocycles. The van der Waals surface area contributed by atoms with Crippen LogP contribution in [-0.2, 0) is 9.47 Å². The van der Waals surface area contributed by atoms with Crippen LogP contribution in [-0.4, -0.2) is 38.0 Å². The number of rotatable bonds is 7. The molecule has 3 unspecified atom stereocenters. The molecule has 1 fully saturated rings. The van der Waals surface area contributed by atoms with Gasteiger partial charge in [0.2, 0.25) is 0 Å². The monoisotopic (exact) mass is 257 g/mol.